The highest BCUT2D eigenvalue weighted by molar-refractivity contribution is 7.99. The number of H-pyrrole nitrogens is 1. The van der Waals surface area contributed by atoms with Gasteiger partial charge in [0.2, 0.25) is 0 Å². The van der Waals surface area contributed by atoms with E-state index in [9.17, 15) is 0 Å². The first-order valence-corrected chi connectivity index (χ1v) is 6.70. The molecule has 1 aromatic carbocycles. The SMILES string of the molecule is CCSc1ccc(-c2n[nH]c(C)c2NC)cc1. The van der Waals surface area contributed by atoms with Crippen LogP contribution in [0.15, 0.2) is 29.2 Å². The molecule has 0 aliphatic carbocycles. The molecule has 0 radical (unpaired) electrons. The van der Waals surface area contributed by atoms with Crippen molar-refractivity contribution in [1.29, 1.82) is 0 Å². The van der Waals surface area contributed by atoms with Crippen LogP contribution in [0.1, 0.15) is 12.6 Å². The van der Waals surface area contributed by atoms with E-state index in [2.05, 4.69) is 46.7 Å². The lowest BCUT2D eigenvalue weighted by molar-refractivity contribution is 1.05. The smallest absolute Gasteiger partial charge is 0.115 e. The molecule has 0 saturated heterocycles. The Morgan fingerprint density at radius 3 is 2.59 bits per heavy atom. The van der Waals surface area contributed by atoms with Gasteiger partial charge in [-0.25, -0.2) is 0 Å². The number of rotatable bonds is 4. The number of benzene rings is 1. The molecule has 2 rings (SSSR count). The molecule has 3 nitrogen and oxygen atoms in total. The van der Waals surface area contributed by atoms with Crippen molar-refractivity contribution < 1.29 is 0 Å². The molecular formula is C13H17N3S. The molecule has 0 unspecified atom stereocenters. The molecule has 0 amide bonds. The van der Waals surface area contributed by atoms with Crippen molar-refractivity contribution in [2.24, 2.45) is 0 Å². The fourth-order valence-electron chi connectivity index (χ4n) is 1.82. The number of nitrogens with one attached hydrogen (secondary N) is 2. The second kappa shape index (κ2) is 5.27. The van der Waals surface area contributed by atoms with Crippen LogP contribution in [0, 0.1) is 6.92 Å². The van der Waals surface area contributed by atoms with Gasteiger partial charge in [0.05, 0.1) is 11.4 Å². The van der Waals surface area contributed by atoms with Crippen molar-refractivity contribution in [3.8, 4) is 11.3 Å². The number of hydrogen-bond acceptors (Lipinski definition) is 3. The maximum Gasteiger partial charge on any atom is 0.115 e. The van der Waals surface area contributed by atoms with E-state index in [-0.39, 0.29) is 0 Å². The Balaban J connectivity index is 2.33. The Bertz CT molecular complexity index is 488. The lowest BCUT2D eigenvalue weighted by atomic mass is 10.1. The summed E-state index contributed by atoms with van der Waals surface area (Å²) in [4.78, 5) is 1.30. The quantitative estimate of drug-likeness (QED) is 0.812. The molecule has 0 saturated carbocycles. The Kier molecular flexibility index (Phi) is 3.74. The van der Waals surface area contributed by atoms with E-state index in [0.717, 1.165) is 28.4 Å². The average molecular weight is 247 g/mol. The van der Waals surface area contributed by atoms with E-state index in [4.69, 9.17) is 0 Å². The van der Waals surface area contributed by atoms with Gasteiger partial charge >= 0.3 is 0 Å². The summed E-state index contributed by atoms with van der Waals surface area (Å²) < 4.78 is 0. The Hall–Kier alpha value is -1.42. The number of aryl methyl sites for hydroxylation is 1. The molecule has 1 heterocycles. The fraction of sp³-hybridized carbons (Fsp3) is 0.308. The summed E-state index contributed by atoms with van der Waals surface area (Å²) in [6.45, 7) is 4.18. The third-order valence-electron chi connectivity index (χ3n) is 2.64. The van der Waals surface area contributed by atoms with Crippen LogP contribution in [0.4, 0.5) is 5.69 Å². The molecule has 1 aromatic heterocycles. The van der Waals surface area contributed by atoms with Gasteiger partial charge in [-0.3, -0.25) is 5.10 Å². The van der Waals surface area contributed by atoms with E-state index >= 15 is 0 Å². The van der Waals surface area contributed by atoms with Gasteiger partial charge in [0, 0.05) is 17.5 Å². The minimum absolute atomic E-state index is 0.984. The van der Waals surface area contributed by atoms with Gasteiger partial charge < -0.3 is 5.32 Å². The van der Waals surface area contributed by atoms with Crippen molar-refractivity contribution in [1.82, 2.24) is 10.2 Å². The van der Waals surface area contributed by atoms with Gasteiger partial charge in [0.25, 0.3) is 0 Å². The molecule has 90 valence electrons. The van der Waals surface area contributed by atoms with Crippen LogP contribution < -0.4 is 5.32 Å². The number of thioether (sulfide) groups is 1. The summed E-state index contributed by atoms with van der Waals surface area (Å²) in [6.07, 6.45) is 0. The van der Waals surface area contributed by atoms with Crippen LogP contribution >= 0.6 is 11.8 Å². The molecule has 0 fully saturated rings. The zero-order valence-corrected chi connectivity index (χ0v) is 11.2. The van der Waals surface area contributed by atoms with Crippen LogP contribution in [-0.2, 0) is 0 Å². The van der Waals surface area contributed by atoms with Crippen molar-refractivity contribution in [2.75, 3.05) is 18.1 Å². The summed E-state index contributed by atoms with van der Waals surface area (Å²) in [5.41, 5.74) is 4.26. The molecular weight excluding hydrogens is 230 g/mol. The zero-order valence-electron chi connectivity index (χ0n) is 10.4. The first kappa shape index (κ1) is 12.0. The summed E-state index contributed by atoms with van der Waals surface area (Å²) >= 11 is 1.85. The van der Waals surface area contributed by atoms with Gasteiger partial charge in [-0.05, 0) is 24.8 Å². The highest BCUT2D eigenvalue weighted by atomic mass is 32.2. The molecule has 0 bridgehead atoms. The summed E-state index contributed by atoms with van der Waals surface area (Å²) in [7, 11) is 1.92. The van der Waals surface area contributed by atoms with Crippen LogP contribution in [0.2, 0.25) is 0 Å². The summed E-state index contributed by atoms with van der Waals surface area (Å²) in [5, 5.41) is 10.5. The summed E-state index contributed by atoms with van der Waals surface area (Å²) in [6, 6.07) is 8.53. The first-order chi connectivity index (χ1) is 8.26. The van der Waals surface area contributed by atoms with Gasteiger partial charge in [0.15, 0.2) is 0 Å². The van der Waals surface area contributed by atoms with E-state index in [1.807, 2.05) is 25.7 Å². The van der Waals surface area contributed by atoms with E-state index in [1.54, 1.807) is 0 Å². The lowest BCUT2D eigenvalue weighted by Crippen LogP contribution is -1.91. The minimum atomic E-state index is 0.984. The highest BCUT2D eigenvalue weighted by Gasteiger charge is 2.10. The number of hydrogen-bond donors (Lipinski definition) is 2. The Labute approximate surface area is 106 Å². The number of anilines is 1. The molecule has 4 heteroatoms. The monoisotopic (exact) mass is 247 g/mol. The fourth-order valence-corrected chi connectivity index (χ4v) is 2.48. The average Bonchev–Trinajstić information content (AvgIpc) is 2.72. The Morgan fingerprint density at radius 1 is 1.29 bits per heavy atom. The molecule has 0 aliphatic heterocycles. The highest BCUT2D eigenvalue weighted by Crippen LogP contribution is 2.29. The van der Waals surface area contributed by atoms with Crippen LogP contribution in [0.5, 0.6) is 0 Å². The van der Waals surface area contributed by atoms with Crippen LogP contribution in [0.3, 0.4) is 0 Å². The maximum absolute atomic E-state index is 4.34. The molecule has 2 aromatic rings. The minimum Gasteiger partial charge on any atom is -0.385 e. The third kappa shape index (κ3) is 2.47. The van der Waals surface area contributed by atoms with Crippen LogP contribution in [-0.4, -0.2) is 23.0 Å². The predicted molar refractivity (Wildman–Crippen MR) is 74.7 cm³/mol. The first-order valence-electron chi connectivity index (χ1n) is 5.72. The second-order valence-electron chi connectivity index (χ2n) is 3.78. The van der Waals surface area contributed by atoms with E-state index < -0.39 is 0 Å². The van der Waals surface area contributed by atoms with E-state index in [1.165, 1.54) is 4.90 Å². The van der Waals surface area contributed by atoms with Crippen molar-refractivity contribution in [3.05, 3.63) is 30.0 Å². The molecule has 17 heavy (non-hydrogen) atoms. The normalized spacial score (nSPS) is 10.5. The van der Waals surface area contributed by atoms with Gasteiger partial charge in [-0.1, -0.05) is 19.1 Å². The molecule has 0 aliphatic rings. The summed E-state index contributed by atoms with van der Waals surface area (Å²) in [5.74, 6) is 1.10. The van der Waals surface area contributed by atoms with Crippen molar-refractivity contribution >= 4 is 17.4 Å². The zero-order chi connectivity index (χ0) is 12.3. The van der Waals surface area contributed by atoms with E-state index in [0.29, 0.717) is 0 Å². The number of nitrogens with zero attached hydrogens (tertiary/aromatic N) is 1. The van der Waals surface area contributed by atoms with Gasteiger partial charge in [-0.2, -0.15) is 5.10 Å². The van der Waals surface area contributed by atoms with Gasteiger partial charge in [0.1, 0.15) is 5.69 Å². The molecule has 0 spiro atoms. The second-order valence-corrected chi connectivity index (χ2v) is 5.12. The largest absolute Gasteiger partial charge is 0.385 e. The lowest BCUT2D eigenvalue weighted by Gasteiger charge is -2.04. The molecule has 0 atom stereocenters. The maximum atomic E-state index is 4.34. The van der Waals surface area contributed by atoms with Crippen molar-refractivity contribution in [3.63, 3.8) is 0 Å². The molecule has 2 N–H and O–H groups in total. The third-order valence-corrected chi connectivity index (χ3v) is 3.53. The Morgan fingerprint density at radius 2 is 2.00 bits per heavy atom. The topological polar surface area (TPSA) is 40.7 Å². The standard InChI is InChI=1S/C13H17N3S/c1-4-17-11-7-5-10(6-8-11)13-12(14-3)9(2)15-16-13/h5-8,14H,4H2,1-3H3,(H,15,16). The van der Waals surface area contributed by atoms with Crippen molar-refractivity contribution in [2.45, 2.75) is 18.7 Å². The number of aromatic nitrogens is 2. The predicted octanol–water partition coefficient (Wildman–Crippen LogP) is 3.54. The van der Waals surface area contributed by atoms with Crippen LogP contribution in [0.25, 0.3) is 11.3 Å². The van der Waals surface area contributed by atoms with Gasteiger partial charge in [-0.15, -0.1) is 11.8 Å². The number of aromatic amines is 1.